The van der Waals surface area contributed by atoms with Crippen LogP contribution in [0.1, 0.15) is 33.1 Å². The highest BCUT2D eigenvalue weighted by Crippen LogP contribution is 2.47. The zero-order valence-corrected chi connectivity index (χ0v) is 21.0. The Hall–Kier alpha value is -3.73. The number of halogens is 2. The van der Waals surface area contributed by atoms with Gasteiger partial charge in [0.05, 0.1) is 23.9 Å². The molecular weight excluding hydrogens is 491 g/mol. The van der Waals surface area contributed by atoms with Gasteiger partial charge in [-0.3, -0.25) is 4.79 Å². The monoisotopic (exact) mass is 512 g/mol. The Morgan fingerprint density at radius 3 is 2.42 bits per heavy atom. The van der Waals surface area contributed by atoms with E-state index in [1.807, 2.05) is 83.8 Å². The van der Waals surface area contributed by atoms with Crippen LogP contribution in [0.15, 0.2) is 91.0 Å². The van der Waals surface area contributed by atoms with E-state index in [0.717, 1.165) is 50.2 Å². The first-order chi connectivity index (χ1) is 17.5. The molecule has 0 bridgehead atoms. The van der Waals surface area contributed by atoms with E-state index in [0.29, 0.717) is 16.6 Å². The van der Waals surface area contributed by atoms with Crippen molar-refractivity contribution in [3.8, 4) is 17.0 Å². The Labute approximate surface area is 219 Å². The van der Waals surface area contributed by atoms with Crippen molar-refractivity contribution in [2.75, 3.05) is 7.11 Å². The van der Waals surface area contributed by atoms with E-state index >= 15 is 0 Å². The Bertz CT molecular complexity index is 1610. The van der Waals surface area contributed by atoms with E-state index in [9.17, 15) is 4.79 Å². The van der Waals surface area contributed by atoms with Crippen molar-refractivity contribution in [1.82, 2.24) is 9.88 Å². The molecule has 6 heteroatoms. The lowest BCUT2D eigenvalue weighted by molar-refractivity contribution is 0.0737. The summed E-state index contributed by atoms with van der Waals surface area (Å²) >= 11 is 12.9. The van der Waals surface area contributed by atoms with Crippen molar-refractivity contribution in [1.29, 1.82) is 0 Å². The Kier molecular flexibility index (Phi) is 5.71. The minimum atomic E-state index is -0.298. The van der Waals surface area contributed by atoms with Crippen LogP contribution in [0.4, 0.5) is 0 Å². The number of nitrogens with one attached hydrogen (secondary N) is 1. The number of amides is 1. The number of methoxy groups -OCH3 is 1. The molecule has 6 rings (SSSR count). The molecule has 0 fully saturated rings. The molecule has 1 atom stereocenters. The van der Waals surface area contributed by atoms with Gasteiger partial charge in [-0.15, -0.1) is 0 Å². The molecule has 0 spiro atoms. The summed E-state index contributed by atoms with van der Waals surface area (Å²) in [6, 6.07) is 29.0. The minimum absolute atomic E-state index is 0.00449. The molecule has 1 aromatic heterocycles. The van der Waals surface area contributed by atoms with Crippen LogP contribution >= 0.6 is 23.2 Å². The smallest absolute Gasteiger partial charge is 0.255 e. The van der Waals surface area contributed by atoms with Crippen LogP contribution in [-0.4, -0.2) is 22.9 Å². The van der Waals surface area contributed by atoms with Crippen LogP contribution in [0.5, 0.6) is 5.75 Å². The third kappa shape index (κ3) is 3.74. The number of benzene rings is 4. The number of nitrogens with zero attached hydrogens (tertiary/aromatic N) is 1. The first-order valence-corrected chi connectivity index (χ1v) is 12.4. The fourth-order valence-electron chi connectivity index (χ4n) is 5.12. The molecule has 5 aromatic rings. The van der Waals surface area contributed by atoms with Crippen molar-refractivity contribution >= 4 is 40.0 Å². The van der Waals surface area contributed by atoms with Gasteiger partial charge in [-0.25, -0.2) is 0 Å². The molecule has 0 saturated heterocycles. The van der Waals surface area contributed by atoms with Gasteiger partial charge >= 0.3 is 0 Å². The number of rotatable bonds is 5. The summed E-state index contributed by atoms with van der Waals surface area (Å²) in [5, 5.41) is 2.17. The fraction of sp³-hybridized carbons (Fsp3) is 0.100. The van der Waals surface area contributed by atoms with Crippen molar-refractivity contribution in [3.05, 3.63) is 123 Å². The second kappa shape index (κ2) is 9.05. The number of fused-ring (bicyclic) bond motifs is 2. The van der Waals surface area contributed by atoms with E-state index in [1.54, 1.807) is 13.2 Å². The third-order valence-electron chi connectivity index (χ3n) is 6.79. The number of ether oxygens (including phenoxy) is 1. The van der Waals surface area contributed by atoms with Gasteiger partial charge in [-0.1, -0.05) is 71.7 Å². The van der Waals surface area contributed by atoms with Crippen LogP contribution in [-0.2, 0) is 6.54 Å². The molecule has 1 N–H and O–H groups in total. The van der Waals surface area contributed by atoms with Gasteiger partial charge in [-0.05, 0) is 53.6 Å². The second-order valence-corrected chi connectivity index (χ2v) is 9.70. The number of hydrogen-bond donors (Lipinski definition) is 1. The van der Waals surface area contributed by atoms with Crippen molar-refractivity contribution in [2.24, 2.45) is 0 Å². The predicted octanol–water partition coefficient (Wildman–Crippen LogP) is 7.90. The first-order valence-electron chi connectivity index (χ1n) is 11.6. The third-order valence-corrected chi connectivity index (χ3v) is 7.34. The topological polar surface area (TPSA) is 45.3 Å². The average molecular weight is 513 g/mol. The summed E-state index contributed by atoms with van der Waals surface area (Å²) in [6.07, 6.45) is 0. The van der Waals surface area contributed by atoms with Gasteiger partial charge in [0.2, 0.25) is 0 Å². The quantitative estimate of drug-likeness (QED) is 0.260. The zero-order chi connectivity index (χ0) is 24.8. The van der Waals surface area contributed by atoms with E-state index in [2.05, 4.69) is 11.1 Å². The largest absolute Gasteiger partial charge is 0.497 e. The maximum Gasteiger partial charge on any atom is 0.255 e. The van der Waals surface area contributed by atoms with Gasteiger partial charge in [-0.2, -0.15) is 0 Å². The Morgan fingerprint density at radius 2 is 1.64 bits per heavy atom. The molecule has 0 saturated carbocycles. The normalized spacial score (nSPS) is 14.9. The van der Waals surface area contributed by atoms with Crippen molar-refractivity contribution in [3.63, 3.8) is 0 Å². The Morgan fingerprint density at radius 1 is 0.889 bits per heavy atom. The number of H-pyrrole nitrogens is 1. The first kappa shape index (κ1) is 22.7. The standard InChI is InChI=1S/C30H22Cl2N2O2/c1-36-20-13-10-18(11-14-20)17-34-29(21-6-2-3-7-22(21)30(34)35)27-24-8-4-5-9-26(24)33-28(27)23-15-12-19(31)16-25(23)32/h2-16,29,33H,17H2,1H3/t29-/m0/s1. The van der Waals surface area contributed by atoms with Gasteiger partial charge in [0.15, 0.2) is 0 Å². The van der Waals surface area contributed by atoms with E-state index in [4.69, 9.17) is 27.9 Å². The number of aromatic amines is 1. The lowest BCUT2D eigenvalue weighted by atomic mass is 9.93. The maximum absolute atomic E-state index is 13.8. The number of aromatic nitrogens is 1. The van der Waals surface area contributed by atoms with Crippen LogP contribution < -0.4 is 4.74 Å². The summed E-state index contributed by atoms with van der Waals surface area (Å²) in [6.45, 7) is 0.454. The highest BCUT2D eigenvalue weighted by atomic mass is 35.5. The molecule has 178 valence electrons. The van der Waals surface area contributed by atoms with Crippen LogP contribution in [0.25, 0.3) is 22.2 Å². The Balaban J connectivity index is 1.57. The number of hydrogen-bond acceptors (Lipinski definition) is 2. The molecule has 36 heavy (non-hydrogen) atoms. The molecule has 4 aromatic carbocycles. The van der Waals surface area contributed by atoms with Gasteiger partial charge in [0.1, 0.15) is 5.75 Å². The highest BCUT2D eigenvalue weighted by Gasteiger charge is 2.40. The second-order valence-electron chi connectivity index (χ2n) is 8.85. The molecular formula is C30H22Cl2N2O2. The van der Waals surface area contributed by atoms with E-state index < -0.39 is 0 Å². The summed E-state index contributed by atoms with van der Waals surface area (Å²) in [7, 11) is 1.64. The molecule has 1 aliphatic heterocycles. The lowest BCUT2D eigenvalue weighted by Gasteiger charge is -2.27. The number of para-hydroxylation sites is 1. The molecule has 0 unspecified atom stereocenters. The molecule has 4 nitrogen and oxygen atoms in total. The summed E-state index contributed by atoms with van der Waals surface area (Å²) in [5.74, 6) is 0.785. The SMILES string of the molecule is COc1ccc(CN2C(=O)c3ccccc3[C@H]2c2c(-c3ccc(Cl)cc3Cl)[nH]c3ccccc23)cc1. The minimum Gasteiger partial charge on any atom is -0.497 e. The average Bonchev–Trinajstić information content (AvgIpc) is 3.39. The van der Waals surface area contributed by atoms with Crippen molar-refractivity contribution < 1.29 is 9.53 Å². The summed E-state index contributed by atoms with van der Waals surface area (Å²) in [4.78, 5) is 19.3. The molecule has 0 aliphatic carbocycles. The number of carbonyl (C=O) groups excluding carboxylic acids is 1. The maximum atomic E-state index is 13.8. The fourth-order valence-corrected chi connectivity index (χ4v) is 5.63. The lowest BCUT2D eigenvalue weighted by Crippen LogP contribution is -2.28. The zero-order valence-electron chi connectivity index (χ0n) is 19.5. The van der Waals surface area contributed by atoms with Gasteiger partial charge < -0.3 is 14.6 Å². The van der Waals surface area contributed by atoms with Crippen LogP contribution in [0.3, 0.4) is 0 Å². The molecule has 1 amide bonds. The molecule has 2 heterocycles. The van der Waals surface area contributed by atoms with Gasteiger partial charge in [0.25, 0.3) is 5.91 Å². The van der Waals surface area contributed by atoms with Crippen LogP contribution in [0.2, 0.25) is 10.0 Å². The predicted molar refractivity (Wildman–Crippen MR) is 145 cm³/mol. The molecule has 0 radical (unpaired) electrons. The summed E-state index contributed by atoms with van der Waals surface area (Å²) < 4.78 is 5.32. The molecule has 1 aliphatic rings. The number of carbonyl (C=O) groups is 1. The van der Waals surface area contributed by atoms with E-state index in [1.165, 1.54) is 0 Å². The van der Waals surface area contributed by atoms with E-state index in [-0.39, 0.29) is 11.9 Å². The highest BCUT2D eigenvalue weighted by molar-refractivity contribution is 6.36. The summed E-state index contributed by atoms with van der Waals surface area (Å²) in [5.41, 5.74) is 6.44. The van der Waals surface area contributed by atoms with Crippen LogP contribution in [0, 0.1) is 0 Å². The van der Waals surface area contributed by atoms with Crippen molar-refractivity contribution in [2.45, 2.75) is 12.6 Å². The van der Waals surface area contributed by atoms with Gasteiger partial charge in [0, 0.05) is 39.2 Å².